The Balaban J connectivity index is 2.11. The smallest absolute Gasteiger partial charge is 0.336 e. The number of hydrogen-bond donors (Lipinski definition) is 4. The zero-order chi connectivity index (χ0) is 17.9. The van der Waals surface area contributed by atoms with E-state index in [0.29, 0.717) is 22.0 Å². The predicted molar refractivity (Wildman–Crippen MR) is 99.5 cm³/mol. The molecule has 0 saturated heterocycles. The number of nitrogens with two attached hydrogens (primary N) is 2. The molecule has 0 heterocycles. The van der Waals surface area contributed by atoms with E-state index in [-0.39, 0.29) is 6.04 Å². The summed E-state index contributed by atoms with van der Waals surface area (Å²) in [5.74, 6) is -0.541. The molecule has 1 atom stereocenters. The van der Waals surface area contributed by atoms with Gasteiger partial charge in [0.25, 0.3) is 0 Å². The molecule has 0 aromatic heterocycles. The molecule has 5 N–H and O–H groups in total. The van der Waals surface area contributed by atoms with Crippen LogP contribution in [0.5, 0.6) is 0 Å². The van der Waals surface area contributed by atoms with E-state index >= 15 is 0 Å². The van der Waals surface area contributed by atoms with Gasteiger partial charge in [-0.3, -0.25) is 4.79 Å². The topological polar surface area (TPSA) is 101 Å². The molecule has 0 bridgehead atoms. The number of urea groups is 1. The van der Waals surface area contributed by atoms with Gasteiger partial charge in [-0.15, -0.1) is 0 Å². The van der Waals surface area contributed by atoms with E-state index in [4.69, 9.17) is 23.1 Å². The number of nitrogens with one attached hydrogen (secondary N) is 1. The molecule has 0 fully saturated rings. The Hall–Kier alpha value is -2.22. The van der Waals surface area contributed by atoms with Crippen molar-refractivity contribution >= 4 is 47.7 Å². The van der Waals surface area contributed by atoms with Crippen LogP contribution >= 0.6 is 24.4 Å². The summed E-state index contributed by atoms with van der Waals surface area (Å²) in [7, 11) is 0. The molecule has 3 amide bonds. The molecular formula is C16H17ClN4O2S. The Bertz CT molecular complexity index is 765. The fourth-order valence-electron chi connectivity index (χ4n) is 2.03. The van der Waals surface area contributed by atoms with Gasteiger partial charge >= 0.3 is 6.03 Å². The minimum Gasteiger partial charge on any atom is -0.366 e. The molecule has 2 rings (SSSR count). The van der Waals surface area contributed by atoms with Crippen LogP contribution in [0.3, 0.4) is 0 Å². The molecule has 2 aromatic rings. The van der Waals surface area contributed by atoms with Crippen LogP contribution in [-0.4, -0.2) is 11.9 Å². The molecule has 0 aliphatic heterocycles. The molecule has 0 saturated carbocycles. The van der Waals surface area contributed by atoms with Crippen LogP contribution in [0, 0.1) is 0 Å². The Morgan fingerprint density at radius 2 is 1.83 bits per heavy atom. The third kappa shape index (κ3) is 4.19. The predicted octanol–water partition coefficient (Wildman–Crippen LogP) is 3.34. The lowest BCUT2D eigenvalue weighted by Crippen LogP contribution is -2.26. The van der Waals surface area contributed by atoms with Gasteiger partial charge in [0.1, 0.15) is 0 Å². The quantitative estimate of drug-likeness (QED) is 0.626. The van der Waals surface area contributed by atoms with Crippen molar-refractivity contribution in [2.45, 2.75) is 13.0 Å². The lowest BCUT2D eigenvalue weighted by Gasteiger charge is -2.17. The zero-order valence-corrected chi connectivity index (χ0v) is 14.5. The first kappa shape index (κ1) is 18.1. The van der Waals surface area contributed by atoms with E-state index in [1.54, 1.807) is 30.3 Å². The first-order chi connectivity index (χ1) is 11.3. The van der Waals surface area contributed by atoms with Crippen molar-refractivity contribution < 1.29 is 9.59 Å². The minimum absolute atomic E-state index is 0.201. The number of amides is 3. The molecule has 8 heteroatoms. The van der Waals surface area contributed by atoms with Crippen LogP contribution in [0.15, 0.2) is 42.5 Å². The van der Waals surface area contributed by atoms with Crippen LogP contribution in [0.25, 0.3) is 0 Å². The number of rotatable bonds is 4. The maximum atomic E-state index is 12.2. The van der Waals surface area contributed by atoms with Gasteiger partial charge in [0, 0.05) is 22.3 Å². The van der Waals surface area contributed by atoms with Crippen molar-refractivity contribution in [1.29, 1.82) is 0 Å². The van der Waals surface area contributed by atoms with Gasteiger partial charge in [-0.2, -0.15) is 0 Å². The Kier molecular flexibility index (Phi) is 5.71. The van der Waals surface area contributed by atoms with Gasteiger partial charge in [-0.05, 0) is 48.9 Å². The fourth-order valence-corrected chi connectivity index (χ4v) is 2.57. The number of hydrogen-bond acceptors (Lipinski definition) is 4. The first-order valence-corrected chi connectivity index (χ1v) is 7.82. The number of nitrogens with zero attached hydrogens (tertiary/aromatic N) is 1. The van der Waals surface area contributed by atoms with Crippen molar-refractivity contribution in [3.05, 3.63) is 58.6 Å². The fraction of sp³-hybridized carbons (Fsp3) is 0.125. The number of thiol groups is 1. The summed E-state index contributed by atoms with van der Waals surface area (Å²) < 4.78 is 1.11. The molecule has 1 unspecified atom stereocenters. The van der Waals surface area contributed by atoms with Crippen LogP contribution in [0.1, 0.15) is 28.9 Å². The van der Waals surface area contributed by atoms with E-state index in [1.807, 2.05) is 6.92 Å². The highest BCUT2D eigenvalue weighted by atomic mass is 35.5. The summed E-state index contributed by atoms with van der Waals surface area (Å²) in [5, 5.41) is 3.15. The van der Waals surface area contributed by atoms with Gasteiger partial charge in [0.05, 0.1) is 5.69 Å². The molecule has 2 aromatic carbocycles. The van der Waals surface area contributed by atoms with Crippen LogP contribution in [0.4, 0.5) is 16.2 Å². The van der Waals surface area contributed by atoms with Crippen molar-refractivity contribution in [2.24, 2.45) is 11.5 Å². The van der Waals surface area contributed by atoms with Gasteiger partial charge in [-0.25, -0.2) is 9.10 Å². The van der Waals surface area contributed by atoms with Gasteiger partial charge in [0.2, 0.25) is 5.91 Å². The lowest BCUT2D eigenvalue weighted by atomic mass is 10.1. The molecule has 24 heavy (non-hydrogen) atoms. The molecule has 126 valence electrons. The highest BCUT2D eigenvalue weighted by Crippen LogP contribution is 2.26. The average Bonchev–Trinajstić information content (AvgIpc) is 2.53. The number of benzene rings is 2. The Labute approximate surface area is 150 Å². The number of carbonyl (C=O) groups is 2. The van der Waals surface area contributed by atoms with E-state index in [9.17, 15) is 9.59 Å². The van der Waals surface area contributed by atoms with E-state index in [1.165, 1.54) is 12.1 Å². The summed E-state index contributed by atoms with van der Waals surface area (Å²) in [6.07, 6.45) is 0. The second-order valence-corrected chi connectivity index (χ2v) is 5.99. The number of carbonyl (C=O) groups excluding carboxylic acids is 2. The average molecular weight is 365 g/mol. The third-order valence-electron chi connectivity index (χ3n) is 3.33. The van der Waals surface area contributed by atoms with Crippen molar-refractivity contribution in [2.75, 3.05) is 9.62 Å². The number of primary amides is 1. The van der Waals surface area contributed by atoms with Gasteiger partial charge in [0.15, 0.2) is 0 Å². The highest BCUT2D eigenvalue weighted by molar-refractivity contribution is 7.82. The Morgan fingerprint density at radius 3 is 2.33 bits per heavy atom. The molecule has 0 aliphatic carbocycles. The number of anilines is 2. The van der Waals surface area contributed by atoms with Crippen molar-refractivity contribution in [1.82, 2.24) is 0 Å². The molecule has 6 nitrogen and oxygen atoms in total. The second kappa shape index (κ2) is 7.57. The highest BCUT2D eigenvalue weighted by Gasteiger charge is 2.14. The van der Waals surface area contributed by atoms with Gasteiger partial charge < -0.3 is 16.8 Å². The van der Waals surface area contributed by atoms with Crippen molar-refractivity contribution in [3.63, 3.8) is 0 Å². The number of halogens is 1. The molecule has 0 aliphatic rings. The third-order valence-corrected chi connectivity index (χ3v) is 4.07. The zero-order valence-electron chi connectivity index (χ0n) is 12.9. The van der Waals surface area contributed by atoms with Crippen LogP contribution < -0.4 is 21.1 Å². The summed E-state index contributed by atoms with van der Waals surface area (Å²) in [6.45, 7) is 1.82. The summed E-state index contributed by atoms with van der Waals surface area (Å²) in [4.78, 5) is 23.3. The minimum atomic E-state index is -0.541. The lowest BCUT2D eigenvalue weighted by molar-refractivity contribution is 0.100. The van der Waals surface area contributed by atoms with E-state index in [0.717, 1.165) is 9.87 Å². The van der Waals surface area contributed by atoms with Crippen LogP contribution in [-0.2, 0) is 0 Å². The maximum absolute atomic E-state index is 12.2. The van der Waals surface area contributed by atoms with Gasteiger partial charge in [-0.1, -0.05) is 30.5 Å². The maximum Gasteiger partial charge on any atom is 0.336 e. The molecule has 0 radical (unpaired) electrons. The van der Waals surface area contributed by atoms with E-state index in [2.05, 4.69) is 18.1 Å². The second-order valence-electron chi connectivity index (χ2n) is 5.18. The normalized spacial score (nSPS) is 11.7. The summed E-state index contributed by atoms with van der Waals surface area (Å²) in [5.41, 5.74) is 13.1. The van der Waals surface area contributed by atoms with E-state index < -0.39 is 11.9 Å². The van der Waals surface area contributed by atoms with Crippen molar-refractivity contribution in [3.8, 4) is 0 Å². The molecular weight excluding hydrogens is 348 g/mol. The standard InChI is InChI=1S/C16H17ClN4O2S/c1-9(18)13-7-4-11(8-14(13)17)20-16(23)21(24)12-5-2-10(3-6-12)15(19)22/h2-9,24H,18H2,1H3,(H2,19,22)(H,20,23). The summed E-state index contributed by atoms with van der Waals surface area (Å²) in [6, 6.07) is 10.6. The summed E-state index contributed by atoms with van der Waals surface area (Å²) >= 11 is 10.3. The molecule has 0 spiro atoms. The first-order valence-electron chi connectivity index (χ1n) is 7.04. The largest absolute Gasteiger partial charge is 0.366 e. The Morgan fingerprint density at radius 1 is 1.21 bits per heavy atom. The monoisotopic (exact) mass is 364 g/mol. The van der Waals surface area contributed by atoms with Crippen LogP contribution in [0.2, 0.25) is 5.02 Å². The SMILES string of the molecule is CC(N)c1ccc(NC(=O)N(S)c2ccc(C(N)=O)cc2)cc1Cl.